The molecular weight excluding hydrogens is 324 g/mol. The van der Waals surface area contributed by atoms with E-state index in [4.69, 9.17) is 11.6 Å². The fourth-order valence-corrected chi connectivity index (χ4v) is 4.68. The molecule has 1 aromatic carbocycles. The lowest BCUT2D eigenvalue weighted by molar-refractivity contribution is -0.130. The molecule has 1 amide bonds. The van der Waals surface area contributed by atoms with Crippen molar-refractivity contribution in [1.82, 2.24) is 9.21 Å². The number of carbonyl (C=O) groups excluding carboxylic acids is 1. The van der Waals surface area contributed by atoms with E-state index in [1.54, 1.807) is 37.1 Å². The van der Waals surface area contributed by atoms with Crippen LogP contribution >= 0.6 is 11.6 Å². The molecule has 122 valence electrons. The molecule has 1 fully saturated rings. The number of rotatable bonds is 3. The van der Waals surface area contributed by atoms with Gasteiger partial charge in [-0.1, -0.05) is 17.7 Å². The Balaban J connectivity index is 2.16. The first kappa shape index (κ1) is 17.2. The number of halogens is 1. The summed E-state index contributed by atoms with van der Waals surface area (Å²) in [6, 6.07) is 5.02. The molecule has 1 aliphatic rings. The van der Waals surface area contributed by atoms with E-state index in [1.165, 1.54) is 11.2 Å². The Morgan fingerprint density at radius 3 is 2.45 bits per heavy atom. The van der Waals surface area contributed by atoms with Crippen molar-refractivity contribution < 1.29 is 13.2 Å². The van der Waals surface area contributed by atoms with E-state index in [-0.39, 0.29) is 16.8 Å². The van der Waals surface area contributed by atoms with Crippen LogP contribution in [-0.2, 0) is 14.8 Å². The van der Waals surface area contributed by atoms with Crippen LogP contribution in [0.15, 0.2) is 23.1 Å². The van der Waals surface area contributed by atoms with E-state index in [1.807, 2.05) is 0 Å². The maximum Gasteiger partial charge on any atom is 0.243 e. The Morgan fingerprint density at radius 2 is 1.91 bits per heavy atom. The molecule has 22 heavy (non-hydrogen) atoms. The molecule has 0 unspecified atom stereocenters. The van der Waals surface area contributed by atoms with Gasteiger partial charge in [0.2, 0.25) is 15.9 Å². The molecule has 5 nitrogen and oxygen atoms in total. The third kappa shape index (κ3) is 3.29. The van der Waals surface area contributed by atoms with Crippen molar-refractivity contribution in [3.05, 3.63) is 28.8 Å². The number of sulfonamides is 1. The largest absolute Gasteiger partial charge is 0.343 e. The number of carbonyl (C=O) groups is 1. The average molecular weight is 345 g/mol. The molecule has 0 N–H and O–H groups in total. The molecule has 1 saturated heterocycles. The van der Waals surface area contributed by atoms with Crippen LogP contribution in [0.1, 0.15) is 25.3 Å². The van der Waals surface area contributed by atoms with Gasteiger partial charge in [-0.2, -0.15) is 4.31 Å². The van der Waals surface area contributed by atoms with Gasteiger partial charge in [0.05, 0.1) is 4.90 Å². The molecule has 0 radical (unpaired) electrons. The molecule has 7 heteroatoms. The second-order valence-corrected chi connectivity index (χ2v) is 7.94. The third-order valence-electron chi connectivity index (χ3n) is 4.30. The van der Waals surface area contributed by atoms with Gasteiger partial charge in [-0.3, -0.25) is 4.79 Å². The number of benzene rings is 1. The predicted octanol–water partition coefficient (Wildman–Crippen LogP) is 2.28. The van der Waals surface area contributed by atoms with Crippen molar-refractivity contribution in [3.8, 4) is 0 Å². The lowest BCUT2D eigenvalue weighted by Gasteiger charge is -2.35. The minimum atomic E-state index is -3.54. The van der Waals surface area contributed by atoms with E-state index in [2.05, 4.69) is 0 Å². The van der Waals surface area contributed by atoms with Crippen molar-refractivity contribution in [3.63, 3.8) is 0 Å². The normalized spacial score (nSPS) is 17.5. The topological polar surface area (TPSA) is 57.7 Å². The van der Waals surface area contributed by atoms with Gasteiger partial charge in [-0.15, -0.1) is 0 Å². The highest BCUT2D eigenvalue weighted by Crippen LogP contribution is 2.28. The van der Waals surface area contributed by atoms with Gasteiger partial charge in [0.25, 0.3) is 0 Å². The lowest BCUT2D eigenvalue weighted by Crippen LogP contribution is -2.46. The maximum atomic E-state index is 12.8. The number of hydrogen-bond acceptors (Lipinski definition) is 3. The first-order valence-electron chi connectivity index (χ1n) is 7.24. The van der Waals surface area contributed by atoms with Gasteiger partial charge in [0.15, 0.2) is 0 Å². The van der Waals surface area contributed by atoms with Crippen molar-refractivity contribution in [2.24, 2.45) is 0 Å². The van der Waals surface area contributed by atoms with E-state index in [0.29, 0.717) is 36.5 Å². The Morgan fingerprint density at radius 1 is 1.32 bits per heavy atom. The van der Waals surface area contributed by atoms with Crippen molar-refractivity contribution in [1.29, 1.82) is 0 Å². The van der Waals surface area contributed by atoms with Crippen LogP contribution in [0.5, 0.6) is 0 Å². The highest BCUT2D eigenvalue weighted by Gasteiger charge is 2.32. The summed E-state index contributed by atoms with van der Waals surface area (Å²) >= 11 is 6.03. The predicted molar refractivity (Wildman–Crippen MR) is 86.4 cm³/mol. The van der Waals surface area contributed by atoms with Crippen molar-refractivity contribution in [2.45, 2.75) is 37.6 Å². The lowest BCUT2D eigenvalue weighted by atomic mass is 10.1. The fraction of sp³-hybridized carbons (Fsp3) is 0.533. The molecule has 0 spiro atoms. The zero-order chi connectivity index (χ0) is 16.5. The molecule has 1 heterocycles. The number of nitrogens with zero attached hydrogens (tertiary/aromatic N) is 2. The summed E-state index contributed by atoms with van der Waals surface area (Å²) < 4.78 is 27.0. The molecule has 0 saturated carbocycles. The second kappa shape index (κ2) is 6.56. The summed E-state index contributed by atoms with van der Waals surface area (Å²) in [4.78, 5) is 13.4. The standard InChI is InChI=1S/C15H21ClN2O3S/c1-11-14(16)5-4-6-15(11)22(20,21)18-9-7-13(8-10-18)17(3)12(2)19/h4-6,13H,7-10H2,1-3H3. The fourth-order valence-electron chi connectivity index (χ4n) is 2.73. The van der Waals surface area contributed by atoms with Gasteiger partial charge in [-0.05, 0) is 37.5 Å². The smallest absolute Gasteiger partial charge is 0.243 e. The first-order valence-corrected chi connectivity index (χ1v) is 9.05. The van der Waals surface area contributed by atoms with Crippen LogP contribution in [-0.4, -0.2) is 49.7 Å². The highest BCUT2D eigenvalue weighted by molar-refractivity contribution is 7.89. The first-order chi connectivity index (χ1) is 10.2. The van der Waals surface area contributed by atoms with Gasteiger partial charge in [0.1, 0.15) is 0 Å². The molecule has 0 aliphatic carbocycles. The zero-order valence-electron chi connectivity index (χ0n) is 13.0. The van der Waals surface area contributed by atoms with Gasteiger partial charge in [0, 0.05) is 38.1 Å². The molecule has 0 atom stereocenters. The summed E-state index contributed by atoms with van der Waals surface area (Å²) in [7, 11) is -1.78. The summed E-state index contributed by atoms with van der Waals surface area (Å²) in [6.07, 6.45) is 1.30. The Bertz CT molecular complexity index is 667. The number of hydrogen-bond donors (Lipinski definition) is 0. The molecule has 1 aliphatic heterocycles. The van der Waals surface area contributed by atoms with Crippen molar-refractivity contribution >= 4 is 27.5 Å². The zero-order valence-corrected chi connectivity index (χ0v) is 14.6. The number of piperidine rings is 1. The summed E-state index contributed by atoms with van der Waals surface area (Å²) in [5, 5.41) is 0.451. The molecule has 2 rings (SSSR count). The SMILES string of the molecule is CC(=O)N(C)C1CCN(S(=O)(=O)c2cccc(Cl)c2C)CC1. The average Bonchev–Trinajstić information content (AvgIpc) is 2.49. The van der Waals surface area contributed by atoms with Crippen LogP contribution in [0.2, 0.25) is 5.02 Å². The van der Waals surface area contributed by atoms with Crippen molar-refractivity contribution in [2.75, 3.05) is 20.1 Å². The maximum absolute atomic E-state index is 12.8. The Hall–Kier alpha value is -1.11. The summed E-state index contributed by atoms with van der Waals surface area (Å²) in [5.41, 5.74) is 0.576. The molecule has 1 aromatic rings. The number of amides is 1. The van der Waals surface area contributed by atoms with Gasteiger partial charge < -0.3 is 4.90 Å². The van der Waals surface area contributed by atoms with E-state index < -0.39 is 10.0 Å². The van der Waals surface area contributed by atoms with Gasteiger partial charge in [-0.25, -0.2) is 8.42 Å². The van der Waals surface area contributed by atoms with E-state index in [0.717, 1.165) is 0 Å². The van der Waals surface area contributed by atoms with Crippen LogP contribution in [0.4, 0.5) is 0 Å². The van der Waals surface area contributed by atoms with E-state index in [9.17, 15) is 13.2 Å². The van der Waals surface area contributed by atoms with Crippen LogP contribution < -0.4 is 0 Å². The van der Waals surface area contributed by atoms with Crippen LogP contribution in [0.3, 0.4) is 0 Å². The minimum Gasteiger partial charge on any atom is -0.343 e. The van der Waals surface area contributed by atoms with Crippen LogP contribution in [0.25, 0.3) is 0 Å². The minimum absolute atomic E-state index is 0.00647. The quantitative estimate of drug-likeness (QED) is 0.845. The van der Waals surface area contributed by atoms with E-state index >= 15 is 0 Å². The monoisotopic (exact) mass is 344 g/mol. The van der Waals surface area contributed by atoms with Gasteiger partial charge >= 0.3 is 0 Å². The second-order valence-electron chi connectivity index (χ2n) is 5.63. The third-order valence-corrected chi connectivity index (χ3v) is 6.76. The highest BCUT2D eigenvalue weighted by atomic mass is 35.5. The molecule has 0 aromatic heterocycles. The summed E-state index contributed by atoms with van der Waals surface area (Å²) in [6.45, 7) is 4.07. The molecular formula is C15H21ClN2O3S. The van der Waals surface area contributed by atoms with Crippen LogP contribution in [0, 0.1) is 6.92 Å². The summed E-state index contributed by atoms with van der Waals surface area (Å²) in [5.74, 6) is 0.00647. The Labute approximate surface area is 136 Å². The Kier molecular flexibility index (Phi) is 5.14. The molecule has 0 bridgehead atoms.